The van der Waals surface area contributed by atoms with Crippen molar-refractivity contribution in [3.8, 4) is 0 Å². The van der Waals surface area contributed by atoms with Crippen molar-refractivity contribution in [2.24, 2.45) is 0 Å². The number of halogens is 1. The maximum Gasteiger partial charge on any atom is 0.223 e. The van der Waals surface area contributed by atoms with Crippen LogP contribution in [0.25, 0.3) is 11.2 Å². The Balaban J connectivity index is 2.37. The van der Waals surface area contributed by atoms with E-state index in [0.29, 0.717) is 10.7 Å². The summed E-state index contributed by atoms with van der Waals surface area (Å²) >= 11 is 7.68. The number of thioether (sulfide) groups is 1. The molecule has 0 aromatic carbocycles. The fourth-order valence-electron chi connectivity index (χ4n) is 1.66. The Bertz CT molecular complexity index is 537. The first-order valence-electron chi connectivity index (χ1n) is 4.58. The third-order valence-corrected chi connectivity index (χ3v) is 3.62. The van der Waals surface area contributed by atoms with E-state index in [2.05, 4.69) is 15.0 Å². The van der Waals surface area contributed by atoms with Crippen molar-refractivity contribution < 1.29 is 0 Å². The lowest BCUT2D eigenvalue weighted by atomic mass is 10.4. The molecule has 0 atom stereocenters. The molecule has 2 aromatic rings. The minimum absolute atomic E-state index is 0.200. The van der Waals surface area contributed by atoms with E-state index in [9.17, 15) is 0 Å². The van der Waals surface area contributed by atoms with Crippen molar-refractivity contribution in [2.45, 2.75) is 18.1 Å². The number of rotatable bonds is 0. The topological polar surface area (TPSA) is 69.6 Å². The normalized spacial score (nSPS) is 15.5. The van der Waals surface area contributed by atoms with Crippen LogP contribution < -0.4 is 5.73 Å². The molecule has 7 heteroatoms. The predicted molar refractivity (Wildman–Crippen MR) is 60.1 cm³/mol. The van der Waals surface area contributed by atoms with Crippen LogP contribution in [0, 0.1) is 0 Å². The van der Waals surface area contributed by atoms with Gasteiger partial charge in [0.2, 0.25) is 5.95 Å². The van der Waals surface area contributed by atoms with Gasteiger partial charge in [0.1, 0.15) is 5.52 Å². The van der Waals surface area contributed by atoms with Gasteiger partial charge in [0.05, 0.1) is 0 Å². The van der Waals surface area contributed by atoms with Crippen LogP contribution in [0.15, 0.2) is 5.16 Å². The van der Waals surface area contributed by atoms with Crippen LogP contribution in [0.5, 0.6) is 0 Å². The second-order valence-electron chi connectivity index (χ2n) is 3.29. The lowest BCUT2D eigenvalue weighted by Gasteiger charge is -2.12. The summed E-state index contributed by atoms with van der Waals surface area (Å²) in [5.41, 5.74) is 6.96. The van der Waals surface area contributed by atoms with Crippen LogP contribution in [0.1, 0.15) is 6.42 Å². The zero-order chi connectivity index (χ0) is 10.4. The third kappa shape index (κ3) is 1.36. The number of anilines is 1. The third-order valence-electron chi connectivity index (χ3n) is 2.29. The van der Waals surface area contributed by atoms with Crippen molar-refractivity contribution >= 4 is 40.5 Å². The molecule has 1 aliphatic heterocycles. The molecule has 3 heterocycles. The molecule has 2 aromatic heterocycles. The highest BCUT2D eigenvalue weighted by molar-refractivity contribution is 7.99. The van der Waals surface area contributed by atoms with Crippen LogP contribution >= 0.6 is 23.4 Å². The first-order valence-corrected chi connectivity index (χ1v) is 5.94. The summed E-state index contributed by atoms with van der Waals surface area (Å²) in [6.07, 6.45) is 1.12. The summed E-state index contributed by atoms with van der Waals surface area (Å²) in [7, 11) is 0. The fraction of sp³-hybridized carbons (Fsp3) is 0.375. The summed E-state index contributed by atoms with van der Waals surface area (Å²) in [6.45, 7) is 0.922. The molecule has 0 saturated heterocycles. The van der Waals surface area contributed by atoms with Crippen LogP contribution in [0.2, 0.25) is 5.15 Å². The molecule has 3 rings (SSSR count). The van der Waals surface area contributed by atoms with Crippen molar-refractivity contribution in [2.75, 3.05) is 11.5 Å². The zero-order valence-corrected chi connectivity index (χ0v) is 9.35. The molecule has 0 fully saturated rings. The van der Waals surface area contributed by atoms with E-state index in [1.165, 1.54) is 0 Å². The van der Waals surface area contributed by atoms with Gasteiger partial charge in [-0.1, -0.05) is 23.4 Å². The van der Waals surface area contributed by atoms with E-state index in [1.54, 1.807) is 11.8 Å². The van der Waals surface area contributed by atoms with Gasteiger partial charge < -0.3 is 10.3 Å². The van der Waals surface area contributed by atoms with E-state index in [0.717, 1.165) is 29.5 Å². The predicted octanol–water partition coefficient (Wildman–Crippen LogP) is 1.56. The maximum absolute atomic E-state index is 5.97. The molecule has 0 bridgehead atoms. The summed E-state index contributed by atoms with van der Waals surface area (Å²) < 4.78 is 2.05. The Hall–Kier alpha value is -1.01. The van der Waals surface area contributed by atoms with Gasteiger partial charge in [-0.3, -0.25) is 0 Å². The van der Waals surface area contributed by atoms with Crippen LogP contribution in [0.3, 0.4) is 0 Å². The number of nitrogen functional groups attached to an aromatic ring is 1. The molecule has 15 heavy (non-hydrogen) atoms. The molecule has 2 N–H and O–H groups in total. The molecule has 0 saturated carbocycles. The first kappa shape index (κ1) is 9.23. The average molecular weight is 242 g/mol. The average Bonchev–Trinajstić information content (AvgIpc) is 2.57. The largest absolute Gasteiger partial charge is 0.368 e. The lowest BCUT2D eigenvalue weighted by Crippen LogP contribution is -2.08. The molecule has 78 valence electrons. The van der Waals surface area contributed by atoms with E-state index < -0.39 is 0 Å². The highest BCUT2D eigenvalue weighted by atomic mass is 35.5. The van der Waals surface area contributed by atoms with E-state index >= 15 is 0 Å². The summed E-state index contributed by atoms with van der Waals surface area (Å²) in [4.78, 5) is 12.5. The lowest BCUT2D eigenvalue weighted by molar-refractivity contribution is 0.619. The smallest absolute Gasteiger partial charge is 0.223 e. The Morgan fingerprint density at radius 3 is 3.07 bits per heavy atom. The number of nitrogens with two attached hydrogens (primary N) is 1. The Labute approximate surface area is 95.0 Å². The van der Waals surface area contributed by atoms with Crippen molar-refractivity contribution in [1.29, 1.82) is 0 Å². The van der Waals surface area contributed by atoms with Gasteiger partial charge in [-0.25, -0.2) is 4.98 Å². The van der Waals surface area contributed by atoms with Crippen LogP contribution in [-0.2, 0) is 6.54 Å². The number of aryl methyl sites for hydroxylation is 1. The summed E-state index contributed by atoms with van der Waals surface area (Å²) in [5, 5.41) is 1.29. The van der Waals surface area contributed by atoms with Gasteiger partial charge in [0, 0.05) is 12.3 Å². The van der Waals surface area contributed by atoms with Gasteiger partial charge >= 0.3 is 0 Å². The minimum Gasteiger partial charge on any atom is -0.368 e. The number of hydrogen-bond donors (Lipinski definition) is 1. The molecular formula is C8H8ClN5S. The highest BCUT2D eigenvalue weighted by Gasteiger charge is 2.18. The van der Waals surface area contributed by atoms with Gasteiger partial charge in [-0.15, -0.1) is 0 Å². The SMILES string of the molecule is Nc1nc(Cl)c2nc3n(c2n1)CCCS3. The quantitative estimate of drug-likeness (QED) is 0.709. The van der Waals surface area contributed by atoms with Crippen LogP contribution in [0.4, 0.5) is 5.95 Å². The molecule has 0 amide bonds. The molecule has 0 aliphatic carbocycles. The number of nitrogens with zero attached hydrogens (tertiary/aromatic N) is 4. The van der Waals surface area contributed by atoms with Crippen LogP contribution in [-0.4, -0.2) is 25.3 Å². The maximum atomic E-state index is 5.97. The summed E-state index contributed by atoms with van der Waals surface area (Å²) in [6, 6.07) is 0. The van der Waals surface area contributed by atoms with Gasteiger partial charge in [0.25, 0.3) is 0 Å². The molecule has 0 spiro atoms. The minimum atomic E-state index is 0.200. The first-order chi connectivity index (χ1) is 7.25. The monoisotopic (exact) mass is 241 g/mol. The molecular weight excluding hydrogens is 234 g/mol. The zero-order valence-electron chi connectivity index (χ0n) is 7.77. The van der Waals surface area contributed by atoms with Gasteiger partial charge in [0.15, 0.2) is 16.0 Å². The van der Waals surface area contributed by atoms with E-state index in [-0.39, 0.29) is 5.95 Å². The molecule has 5 nitrogen and oxygen atoms in total. The van der Waals surface area contributed by atoms with Gasteiger partial charge in [-0.05, 0) is 6.42 Å². The second kappa shape index (κ2) is 3.24. The molecule has 1 aliphatic rings. The Morgan fingerprint density at radius 1 is 1.33 bits per heavy atom. The second-order valence-corrected chi connectivity index (χ2v) is 4.71. The van der Waals surface area contributed by atoms with Gasteiger partial charge in [-0.2, -0.15) is 9.97 Å². The van der Waals surface area contributed by atoms with Crippen molar-refractivity contribution in [1.82, 2.24) is 19.5 Å². The number of hydrogen-bond acceptors (Lipinski definition) is 5. The fourth-order valence-corrected chi connectivity index (χ4v) is 2.82. The Morgan fingerprint density at radius 2 is 2.20 bits per heavy atom. The highest BCUT2D eigenvalue weighted by Crippen LogP contribution is 2.30. The van der Waals surface area contributed by atoms with E-state index in [1.807, 2.05) is 4.57 Å². The van der Waals surface area contributed by atoms with Crippen molar-refractivity contribution in [3.63, 3.8) is 0 Å². The molecule has 0 unspecified atom stereocenters. The number of aromatic nitrogens is 4. The van der Waals surface area contributed by atoms with E-state index in [4.69, 9.17) is 17.3 Å². The summed E-state index contributed by atoms with van der Waals surface area (Å²) in [5.74, 6) is 1.29. The standard InChI is InChI=1S/C8H8ClN5S/c9-5-4-6(13-7(10)12-5)14-2-1-3-15-8(14)11-4/h1-3H2,(H2,10,12,13). The number of imidazole rings is 1. The Kier molecular flexibility index (Phi) is 2.00. The number of fused-ring (bicyclic) bond motifs is 3. The molecule has 0 radical (unpaired) electrons. The van der Waals surface area contributed by atoms with Crippen molar-refractivity contribution in [3.05, 3.63) is 5.15 Å².